The molecule has 2 aromatic rings. The number of piperidine rings is 1. The van der Waals surface area contributed by atoms with Crippen LogP contribution >= 0.6 is 12.4 Å². The number of aromatic nitrogens is 1. The normalized spacial score (nSPS) is 17.6. The van der Waals surface area contributed by atoms with Crippen LogP contribution in [-0.4, -0.2) is 36.8 Å². The minimum Gasteiger partial charge on any atom is -0.328 e. The first kappa shape index (κ1) is 16.2. The molecule has 0 bridgehead atoms. The first-order valence-corrected chi connectivity index (χ1v) is 8.11. The number of nitrogens with zero attached hydrogens (tertiary/aromatic N) is 2. The van der Waals surface area contributed by atoms with Crippen molar-refractivity contribution in [3.8, 4) is 0 Å². The first-order valence-electron chi connectivity index (χ1n) is 6.67. The van der Waals surface area contributed by atoms with E-state index in [1.807, 2.05) is 6.07 Å². The highest BCUT2D eigenvalue weighted by atomic mass is 35.5. The lowest BCUT2D eigenvalue weighted by Crippen LogP contribution is -2.42. The highest BCUT2D eigenvalue weighted by Gasteiger charge is 2.29. The molecule has 1 aliphatic heterocycles. The van der Waals surface area contributed by atoms with Gasteiger partial charge >= 0.3 is 0 Å². The highest BCUT2D eigenvalue weighted by Crippen LogP contribution is 2.26. The van der Waals surface area contributed by atoms with Crippen molar-refractivity contribution >= 4 is 33.2 Å². The van der Waals surface area contributed by atoms with Crippen molar-refractivity contribution in [2.45, 2.75) is 23.8 Å². The topological polar surface area (TPSA) is 76.3 Å². The van der Waals surface area contributed by atoms with Gasteiger partial charge in [0.1, 0.15) is 0 Å². The summed E-state index contributed by atoms with van der Waals surface area (Å²) in [6.07, 6.45) is 4.73. The van der Waals surface area contributed by atoms with Crippen LogP contribution in [-0.2, 0) is 10.0 Å². The molecule has 1 aromatic heterocycles. The fraction of sp³-hybridized carbons (Fsp3) is 0.357. The Bertz CT molecular complexity index is 723. The number of pyridine rings is 1. The van der Waals surface area contributed by atoms with Gasteiger partial charge in [0, 0.05) is 42.3 Å². The lowest BCUT2D eigenvalue weighted by Gasteiger charge is -2.29. The Kier molecular flexibility index (Phi) is 4.83. The average Bonchev–Trinajstić information content (AvgIpc) is 2.47. The number of fused-ring (bicyclic) bond motifs is 1. The second-order valence-electron chi connectivity index (χ2n) is 5.09. The maximum absolute atomic E-state index is 12.8. The van der Waals surface area contributed by atoms with Crippen LogP contribution in [0.1, 0.15) is 12.8 Å². The van der Waals surface area contributed by atoms with E-state index in [-0.39, 0.29) is 18.4 Å². The van der Waals surface area contributed by atoms with Crippen molar-refractivity contribution in [1.29, 1.82) is 0 Å². The molecule has 1 aromatic carbocycles. The number of halogens is 1. The maximum Gasteiger partial charge on any atom is 0.243 e. The molecule has 0 spiro atoms. The number of rotatable bonds is 2. The van der Waals surface area contributed by atoms with Crippen LogP contribution in [0, 0.1) is 0 Å². The van der Waals surface area contributed by atoms with Gasteiger partial charge in [-0.3, -0.25) is 4.98 Å². The van der Waals surface area contributed by atoms with Gasteiger partial charge in [-0.2, -0.15) is 4.31 Å². The predicted molar refractivity (Wildman–Crippen MR) is 85.0 cm³/mol. The lowest BCUT2D eigenvalue weighted by atomic mass is 10.1. The molecule has 2 heterocycles. The Morgan fingerprint density at radius 3 is 2.62 bits per heavy atom. The van der Waals surface area contributed by atoms with Crippen LogP contribution < -0.4 is 5.73 Å². The average molecular weight is 328 g/mol. The zero-order valence-corrected chi connectivity index (χ0v) is 13.1. The van der Waals surface area contributed by atoms with E-state index in [2.05, 4.69) is 4.98 Å². The molecule has 0 unspecified atom stereocenters. The van der Waals surface area contributed by atoms with E-state index in [9.17, 15) is 8.42 Å². The van der Waals surface area contributed by atoms with Crippen molar-refractivity contribution in [2.75, 3.05) is 13.1 Å². The van der Waals surface area contributed by atoms with Crippen molar-refractivity contribution in [1.82, 2.24) is 9.29 Å². The summed E-state index contributed by atoms with van der Waals surface area (Å²) in [6.45, 7) is 0.982. The van der Waals surface area contributed by atoms with Gasteiger partial charge in [0.25, 0.3) is 0 Å². The maximum atomic E-state index is 12.8. The molecule has 0 aliphatic carbocycles. The van der Waals surface area contributed by atoms with Crippen molar-refractivity contribution in [3.05, 3.63) is 36.7 Å². The number of sulfonamides is 1. The fourth-order valence-electron chi connectivity index (χ4n) is 2.57. The van der Waals surface area contributed by atoms with Crippen LogP contribution in [0.3, 0.4) is 0 Å². The van der Waals surface area contributed by atoms with Gasteiger partial charge in [-0.25, -0.2) is 8.42 Å². The van der Waals surface area contributed by atoms with Crippen molar-refractivity contribution in [2.24, 2.45) is 5.73 Å². The van der Waals surface area contributed by atoms with Gasteiger partial charge in [0.2, 0.25) is 10.0 Å². The van der Waals surface area contributed by atoms with Crippen LogP contribution in [0.4, 0.5) is 0 Å². The summed E-state index contributed by atoms with van der Waals surface area (Å²) in [5.41, 5.74) is 5.84. The second-order valence-corrected chi connectivity index (χ2v) is 7.00. The molecule has 0 radical (unpaired) electrons. The number of hydrogen-bond donors (Lipinski definition) is 1. The van der Waals surface area contributed by atoms with E-state index in [0.717, 1.165) is 10.8 Å². The standard InChI is InChI=1S/C14H17N3O2S.ClH/c15-12-5-8-17(9-6-12)20(18,19)14-3-1-2-11-10-16-7-4-13(11)14;/h1-4,7,10,12H,5-6,8-9,15H2;1H. The van der Waals surface area contributed by atoms with E-state index in [0.29, 0.717) is 30.8 Å². The van der Waals surface area contributed by atoms with Gasteiger partial charge < -0.3 is 5.73 Å². The molecule has 1 saturated heterocycles. The van der Waals surface area contributed by atoms with Crippen LogP contribution in [0.5, 0.6) is 0 Å². The van der Waals surface area contributed by atoms with Crippen molar-refractivity contribution < 1.29 is 8.42 Å². The molecule has 0 saturated carbocycles. The number of nitrogens with two attached hydrogens (primary N) is 1. The monoisotopic (exact) mass is 327 g/mol. The van der Waals surface area contributed by atoms with Gasteiger partial charge in [-0.15, -0.1) is 12.4 Å². The Balaban J connectivity index is 0.00000161. The Morgan fingerprint density at radius 2 is 1.90 bits per heavy atom. The summed E-state index contributed by atoms with van der Waals surface area (Å²) in [5, 5.41) is 1.56. The third-order valence-electron chi connectivity index (χ3n) is 3.76. The minimum atomic E-state index is -3.46. The summed E-state index contributed by atoms with van der Waals surface area (Å²) in [5.74, 6) is 0. The van der Waals surface area contributed by atoms with E-state index in [1.54, 1.807) is 30.6 Å². The van der Waals surface area contributed by atoms with Crippen molar-refractivity contribution in [3.63, 3.8) is 0 Å². The minimum absolute atomic E-state index is 0. The first-order chi connectivity index (χ1) is 9.59. The second kappa shape index (κ2) is 6.27. The number of benzene rings is 1. The number of hydrogen-bond acceptors (Lipinski definition) is 4. The van der Waals surface area contributed by atoms with Gasteiger partial charge in [0.05, 0.1) is 4.90 Å². The summed E-state index contributed by atoms with van der Waals surface area (Å²) < 4.78 is 27.1. The zero-order chi connectivity index (χ0) is 14.2. The lowest BCUT2D eigenvalue weighted by molar-refractivity contribution is 0.320. The van der Waals surface area contributed by atoms with Crippen LogP contribution in [0.25, 0.3) is 10.8 Å². The molecule has 114 valence electrons. The van der Waals surface area contributed by atoms with Crippen LogP contribution in [0.15, 0.2) is 41.6 Å². The Hall–Kier alpha value is -1.21. The molecule has 7 heteroatoms. The Morgan fingerprint density at radius 1 is 1.19 bits per heavy atom. The van der Waals surface area contributed by atoms with E-state index >= 15 is 0 Å². The smallest absolute Gasteiger partial charge is 0.243 e. The SMILES string of the molecule is Cl.NC1CCN(S(=O)(=O)c2cccc3cnccc23)CC1. The molecule has 1 aliphatic rings. The molecule has 2 N–H and O–H groups in total. The van der Waals surface area contributed by atoms with E-state index in [4.69, 9.17) is 5.73 Å². The summed E-state index contributed by atoms with van der Waals surface area (Å²) in [7, 11) is -3.46. The van der Waals surface area contributed by atoms with Gasteiger partial charge in [0.15, 0.2) is 0 Å². The molecule has 3 rings (SSSR count). The molecule has 21 heavy (non-hydrogen) atoms. The van der Waals surface area contributed by atoms with E-state index < -0.39 is 10.0 Å². The predicted octanol–water partition coefficient (Wildman–Crippen LogP) is 1.77. The molecule has 0 atom stereocenters. The largest absolute Gasteiger partial charge is 0.328 e. The van der Waals surface area contributed by atoms with E-state index in [1.165, 1.54) is 4.31 Å². The summed E-state index contributed by atoms with van der Waals surface area (Å²) in [4.78, 5) is 4.39. The fourth-order valence-corrected chi connectivity index (χ4v) is 4.26. The van der Waals surface area contributed by atoms with Gasteiger partial charge in [-0.05, 0) is 25.0 Å². The molecular weight excluding hydrogens is 310 g/mol. The third-order valence-corrected chi connectivity index (χ3v) is 5.71. The van der Waals surface area contributed by atoms with Gasteiger partial charge in [-0.1, -0.05) is 12.1 Å². The molecular formula is C14H18ClN3O2S. The highest BCUT2D eigenvalue weighted by molar-refractivity contribution is 7.89. The molecule has 1 fully saturated rings. The summed E-state index contributed by atoms with van der Waals surface area (Å²) in [6, 6.07) is 7.14. The third kappa shape index (κ3) is 3.03. The summed E-state index contributed by atoms with van der Waals surface area (Å²) >= 11 is 0. The zero-order valence-electron chi connectivity index (χ0n) is 11.5. The van der Waals surface area contributed by atoms with Crippen LogP contribution in [0.2, 0.25) is 0 Å². The molecule has 5 nitrogen and oxygen atoms in total. The Labute approximate surface area is 130 Å². The molecule has 0 amide bonds. The quantitative estimate of drug-likeness (QED) is 0.912.